The zero-order chi connectivity index (χ0) is 26.7. The van der Waals surface area contributed by atoms with Crippen LogP contribution < -0.4 is 10.2 Å². The molecule has 9 heteroatoms. The summed E-state index contributed by atoms with van der Waals surface area (Å²) < 4.78 is 7.37. The number of unbranched alkanes of at least 4 members (excludes halogenated alkanes) is 1. The maximum absolute atomic E-state index is 14.2. The number of hydrogen-bond acceptors (Lipinski definition) is 5. The van der Waals surface area contributed by atoms with Crippen LogP contribution in [0.1, 0.15) is 44.3 Å². The molecule has 8 nitrogen and oxygen atoms in total. The van der Waals surface area contributed by atoms with Crippen LogP contribution in [0.25, 0.3) is 11.0 Å². The van der Waals surface area contributed by atoms with Gasteiger partial charge in [0, 0.05) is 29.7 Å². The van der Waals surface area contributed by atoms with Gasteiger partial charge in [0.15, 0.2) is 0 Å². The number of nitriles is 1. The van der Waals surface area contributed by atoms with Crippen molar-refractivity contribution in [1.29, 1.82) is 5.26 Å². The zero-order valence-corrected chi connectivity index (χ0v) is 21.9. The number of imidazole rings is 1. The average molecular weight is 532 g/mol. The fourth-order valence-electron chi connectivity index (χ4n) is 5.03. The molecule has 0 atom stereocenters. The van der Waals surface area contributed by atoms with Crippen molar-refractivity contribution in [2.24, 2.45) is 5.41 Å². The minimum atomic E-state index is -0.811. The molecule has 1 heterocycles. The SMILES string of the molecule is C=CC1(C(=O)N(Cc2nc3cc(Cl)ccc3n2CCCC#N)c2ccccc2)CC(NC(=O)OC2CC2)C1. The standard InChI is InChI=1S/C29H30ClN5O3/c1-2-29(17-21(18-29)32-28(37)38-23-11-12-23)27(36)35(22-8-4-3-5-9-22)19-26-33-24-16-20(30)10-13-25(24)34(26)15-7-6-14-31/h2-5,8-10,13,16,21,23H,1,6-7,11-12,15,17-19H2,(H,32,37). The molecule has 2 aromatic carbocycles. The van der Waals surface area contributed by atoms with Crippen LogP contribution in [0, 0.1) is 16.7 Å². The number of anilines is 1. The topological polar surface area (TPSA) is 100 Å². The molecule has 2 fully saturated rings. The summed E-state index contributed by atoms with van der Waals surface area (Å²) in [7, 11) is 0. The molecule has 0 radical (unpaired) electrons. The highest BCUT2D eigenvalue weighted by atomic mass is 35.5. The lowest BCUT2D eigenvalue weighted by atomic mass is 9.64. The number of fused-ring (bicyclic) bond motifs is 1. The quantitative estimate of drug-likeness (QED) is 0.265. The molecule has 2 aliphatic carbocycles. The summed E-state index contributed by atoms with van der Waals surface area (Å²) in [6.07, 6.45) is 5.11. The number of amides is 2. The summed E-state index contributed by atoms with van der Waals surface area (Å²) in [5.74, 6) is 0.611. The van der Waals surface area contributed by atoms with Crippen LogP contribution in [0.5, 0.6) is 0 Å². The van der Waals surface area contributed by atoms with Crippen molar-refractivity contribution >= 4 is 40.3 Å². The van der Waals surface area contributed by atoms with E-state index in [1.807, 2.05) is 48.5 Å². The van der Waals surface area contributed by atoms with E-state index in [1.54, 1.807) is 11.0 Å². The first-order valence-corrected chi connectivity index (χ1v) is 13.3. The Morgan fingerprint density at radius 2 is 2.03 bits per heavy atom. The maximum atomic E-state index is 14.2. The van der Waals surface area contributed by atoms with Crippen LogP contribution >= 0.6 is 11.6 Å². The first kappa shape index (κ1) is 25.8. The van der Waals surface area contributed by atoms with Crippen molar-refractivity contribution in [3.8, 4) is 6.07 Å². The van der Waals surface area contributed by atoms with Gasteiger partial charge in [0.25, 0.3) is 0 Å². The fraction of sp³-hybridized carbons (Fsp3) is 0.379. The van der Waals surface area contributed by atoms with Crippen LogP contribution in [-0.2, 0) is 22.6 Å². The van der Waals surface area contributed by atoms with Crippen LogP contribution in [0.2, 0.25) is 5.02 Å². The van der Waals surface area contributed by atoms with Crippen molar-refractivity contribution in [3.05, 3.63) is 72.0 Å². The Morgan fingerprint density at radius 3 is 2.71 bits per heavy atom. The number of alkyl carbamates (subject to hydrolysis) is 1. The number of rotatable bonds is 10. The molecular formula is C29H30ClN5O3. The van der Waals surface area contributed by atoms with Gasteiger partial charge < -0.3 is 19.5 Å². The van der Waals surface area contributed by atoms with Crippen molar-refractivity contribution in [3.63, 3.8) is 0 Å². The summed E-state index contributed by atoms with van der Waals surface area (Å²) in [4.78, 5) is 32.9. The number of benzene rings is 2. The summed E-state index contributed by atoms with van der Waals surface area (Å²) in [5, 5.41) is 12.5. The summed E-state index contributed by atoms with van der Waals surface area (Å²) in [6, 6.07) is 17.1. The molecule has 1 N–H and O–H groups in total. The van der Waals surface area contributed by atoms with E-state index in [9.17, 15) is 9.59 Å². The Kier molecular flexibility index (Phi) is 7.39. The van der Waals surface area contributed by atoms with Crippen LogP contribution in [0.15, 0.2) is 61.2 Å². The molecule has 2 amide bonds. The fourth-order valence-corrected chi connectivity index (χ4v) is 5.19. The summed E-state index contributed by atoms with van der Waals surface area (Å²) in [5.41, 5.74) is 1.58. The Balaban J connectivity index is 1.42. The smallest absolute Gasteiger partial charge is 0.407 e. The van der Waals surface area contributed by atoms with E-state index in [1.165, 1.54) is 0 Å². The van der Waals surface area contributed by atoms with Gasteiger partial charge in [0.2, 0.25) is 5.91 Å². The van der Waals surface area contributed by atoms with Gasteiger partial charge in [-0.15, -0.1) is 6.58 Å². The number of aromatic nitrogens is 2. The summed E-state index contributed by atoms with van der Waals surface area (Å²) >= 11 is 6.24. The van der Waals surface area contributed by atoms with Gasteiger partial charge in [-0.1, -0.05) is 35.9 Å². The monoisotopic (exact) mass is 531 g/mol. The molecule has 2 saturated carbocycles. The number of halogens is 1. The van der Waals surface area contributed by atoms with Gasteiger partial charge in [0.05, 0.1) is 29.1 Å². The Bertz CT molecular complexity index is 1390. The number of nitrogens with one attached hydrogen (secondary N) is 1. The largest absolute Gasteiger partial charge is 0.446 e. The third kappa shape index (κ3) is 5.39. The molecule has 1 aromatic heterocycles. The molecule has 2 aliphatic rings. The van der Waals surface area contributed by atoms with Gasteiger partial charge in [-0.25, -0.2) is 9.78 Å². The van der Waals surface area contributed by atoms with E-state index >= 15 is 0 Å². The van der Waals surface area contributed by atoms with Crippen LogP contribution in [-0.4, -0.2) is 33.7 Å². The van der Waals surface area contributed by atoms with Crippen molar-refractivity contribution in [2.75, 3.05) is 4.90 Å². The van der Waals surface area contributed by atoms with E-state index in [-0.39, 0.29) is 24.6 Å². The predicted molar refractivity (Wildman–Crippen MR) is 146 cm³/mol. The number of carbonyl (C=O) groups is 2. The third-order valence-electron chi connectivity index (χ3n) is 7.23. The lowest BCUT2D eigenvalue weighted by molar-refractivity contribution is -0.130. The number of aryl methyl sites for hydroxylation is 1. The number of hydrogen-bond donors (Lipinski definition) is 1. The minimum Gasteiger partial charge on any atom is -0.446 e. The van der Waals surface area contributed by atoms with Gasteiger partial charge in [-0.2, -0.15) is 5.26 Å². The normalized spacial score (nSPS) is 20.3. The zero-order valence-electron chi connectivity index (χ0n) is 21.1. The van der Waals surface area contributed by atoms with Crippen molar-refractivity contribution in [1.82, 2.24) is 14.9 Å². The number of carbonyl (C=O) groups excluding carboxylic acids is 2. The highest BCUT2D eigenvalue weighted by Gasteiger charge is 2.51. The Morgan fingerprint density at radius 1 is 1.26 bits per heavy atom. The van der Waals surface area contributed by atoms with Crippen molar-refractivity contribution in [2.45, 2.75) is 63.8 Å². The van der Waals surface area contributed by atoms with E-state index in [2.05, 4.69) is 22.5 Å². The predicted octanol–water partition coefficient (Wildman–Crippen LogP) is 5.75. The minimum absolute atomic E-state index is 0.0248. The highest BCUT2D eigenvalue weighted by molar-refractivity contribution is 6.31. The number of ether oxygens (including phenoxy) is 1. The van der Waals surface area contributed by atoms with Gasteiger partial charge >= 0.3 is 6.09 Å². The van der Waals surface area contributed by atoms with E-state index in [4.69, 9.17) is 26.6 Å². The Labute approximate surface area is 226 Å². The number of para-hydroxylation sites is 1. The van der Waals surface area contributed by atoms with Gasteiger partial charge in [-0.3, -0.25) is 4.79 Å². The first-order valence-electron chi connectivity index (χ1n) is 12.9. The highest BCUT2D eigenvalue weighted by Crippen LogP contribution is 2.45. The molecule has 0 spiro atoms. The second kappa shape index (κ2) is 10.9. The van der Waals surface area contributed by atoms with E-state index < -0.39 is 11.5 Å². The van der Waals surface area contributed by atoms with Gasteiger partial charge in [-0.05, 0) is 62.4 Å². The second-order valence-electron chi connectivity index (χ2n) is 10.0. The average Bonchev–Trinajstić information content (AvgIpc) is 3.64. The van der Waals surface area contributed by atoms with E-state index in [0.29, 0.717) is 43.1 Å². The molecule has 5 rings (SSSR count). The summed E-state index contributed by atoms with van der Waals surface area (Å²) in [6.45, 7) is 4.82. The third-order valence-corrected chi connectivity index (χ3v) is 7.47. The van der Waals surface area contributed by atoms with Crippen LogP contribution in [0.4, 0.5) is 10.5 Å². The molecular weight excluding hydrogens is 502 g/mol. The van der Waals surface area contributed by atoms with E-state index in [0.717, 1.165) is 29.6 Å². The number of nitrogens with zero attached hydrogens (tertiary/aromatic N) is 4. The van der Waals surface area contributed by atoms with Gasteiger partial charge in [0.1, 0.15) is 11.9 Å². The van der Waals surface area contributed by atoms with Crippen molar-refractivity contribution < 1.29 is 14.3 Å². The molecule has 0 aliphatic heterocycles. The lowest BCUT2D eigenvalue weighted by Crippen LogP contribution is -2.57. The van der Waals surface area contributed by atoms with Crippen LogP contribution in [0.3, 0.4) is 0 Å². The maximum Gasteiger partial charge on any atom is 0.407 e. The molecule has 0 saturated heterocycles. The molecule has 0 unspecified atom stereocenters. The Hall–Kier alpha value is -3.83. The lowest BCUT2D eigenvalue weighted by Gasteiger charge is -2.46. The first-order chi connectivity index (χ1) is 18.4. The molecule has 3 aromatic rings. The molecule has 38 heavy (non-hydrogen) atoms. The molecule has 196 valence electrons. The second-order valence-corrected chi connectivity index (χ2v) is 10.5. The molecule has 0 bridgehead atoms.